The number of carbonyl (C=O) groups excluding carboxylic acids is 1. The fraction of sp³-hybridized carbons (Fsp3) is 0.286. The van der Waals surface area contributed by atoms with Gasteiger partial charge < -0.3 is 15.0 Å². The highest BCUT2D eigenvalue weighted by Crippen LogP contribution is 2.36. The Morgan fingerprint density at radius 1 is 1.17 bits per heavy atom. The molecule has 2 aromatic rings. The minimum Gasteiger partial charge on any atom is -0.509 e. The summed E-state index contributed by atoms with van der Waals surface area (Å²) in [7, 11) is -3.92. The molecule has 2 N–H and O–H groups in total. The molecule has 0 fully saturated rings. The number of carbonyl (C=O) groups is 1. The Balaban J connectivity index is 1.76. The molecule has 0 spiro atoms. The minimum absolute atomic E-state index is 0.0152. The standard InChI is InChI=1S/C21H21N3O5S/c1-2-3-7-15-20(26)18(19-14-6-4-5-8-16(14)30(28,29)23-19)21(27)24(15)12-13-9-10-17(25)22-11-13/h4-6,8-11,15,26H,2-3,7,12H2,1H3,(H,22,25)/t15-/m0/s1. The van der Waals surface area contributed by atoms with Gasteiger partial charge in [0.25, 0.3) is 15.9 Å². The number of pyridine rings is 1. The summed E-state index contributed by atoms with van der Waals surface area (Å²) >= 11 is 0. The predicted molar refractivity (Wildman–Crippen MR) is 111 cm³/mol. The van der Waals surface area contributed by atoms with E-state index in [4.69, 9.17) is 0 Å². The van der Waals surface area contributed by atoms with E-state index in [1.165, 1.54) is 23.2 Å². The van der Waals surface area contributed by atoms with Crippen molar-refractivity contribution in [2.24, 2.45) is 4.40 Å². The van der Waals surface area contributed by atoms with Gasteiger partial charge in [-0.2, -0.15) is 12.8 Å². The average molecular weight is 427 g/mol. The lowest BCUT2D eigenvalue weighted by atomic mass is 10.0. The maximum Gasteiger partial charge on any atom is 0.283 e. The number of nitrogens with one attached hydrogen (secondary N) is 1. The first-order valence-electron chi connectivity index (χ1n) is 9.70. The number of nitrogens with zero attached hydrogens (tertiary/aromatic N) is 2. The summed E-state index contributed by atoms with van der Waals surface area (Å²) in [5.74, 6) is -0.644. The number of aromatic nitrogens is 1. The first-order valence-corrected chi connectivity index (χ1v) is 11.1. The number of hydrogen-bond donors (Lipinski definition) is 2. The number of unbranched alkanes of at least 4 members (excludes halogenated alkanes) is 1. The summed E-state index contributed by atoms with van der Waals surface area (Å²) < 4.78 is 28.7. The molecular formula is C21H21N3O5S. The third-order valence-electron chi connectivity index (χ3n) is 5.32. The van der Waals surface area contributed by atoms with Gasteiger partial charge in [0.1, 0.15) is 17.0 Å². The Labute approximate surface area is 173 Å². The van der Waals surface area contributed by atoms with Crippen LogP contribution in [0, 0.1) is 0 Å². The van der Waals surface area contributed by atoms with E-state index in [0.717, 1.165) is 12.8 Å². The van der Waals surface area contributed by atoms with E-state index in [0.29, 0.717) is 17.5 Å². The van der Waals surface area contributed by atoms with E-state index < -0.39 is 22.0 Å². The lowest BCUT2D eigenvalue weighted by Gasteiger charge is -2.25. The second-order valence-corrected chi connectivity index (χ2v) is 8.90. The van der Waals surface area contributed by atoms with Gasteiger partial charge in [-0.25, -0.2) is 0 Å². The summed E-state index contributed by atoms with van der Waals surface area (Å²) in [5, 5.41) is 11.0. The zero-order chi connectivity index (χ0) is 21.5. The Morgan fingerprint density at radius 2 is 1.93 bits per heavy atom. The second-order valence-electron chi connectivity index (χ2n) is 7.32. The van der Waals surface area contributed by atoms with Gasteiger partial charge in [0.15, 0.2) is 0 Å². The van der Waals surface area contributed by atoms with E-state index in [9.17, 15) is 23.1 Å². The van der Waals surface area contributed by atoms with Crippen molar-refractivity contribution in [3.8, 4) is 0 Å². The van der Waals surface area contributed by atoms with Crippen molar-refractivity contribution in [3.63, 3.8) is 0 Å². The van der Waals surface area contributed by atoms with Gasteiger partial charge in [-0.15, -0.1) is 0 Å². The second kappa shape index (κ2) is 7.56. The SMILES string of the molecule is CCCC[C@H]1C(O)=C(C2=NS(=O)(=O)c3ccccc32)C(=O)N1Cc1ccc(=O)[nH]c1. The zero-order valence-corrected chi connectivity index (χ0v) is 17.1. The van der Waals surface area contributed by atoms with Gasteiger partial charge in [0.2, 0.25) is 5.56 Å². The van der Waals surface area contributed by atoms with Crippen LogP contribution in [0.4, 0.5) is 0 Å². The fourth-order valence-corrected chi connectivity index (χ4v) is 5.05. The van der Waals surface area contributed by atoms with Gasteiger partial charge in [0.05, 0.1) is 10.9 Å². The molecule has 0 bridgehead atoms. The van der Waals surface area contributed by atoms with Crippen LogP contribution in [0.25, 0.3) is 0 Å². The van der Waals surface area contributed by atoms with Crippen LogP contribution in [0.15, 0.2) is 68.0 Å². The first kappa shape index (κ1) is 20.1. The number of sulfonamides is 1. The highest BCUT2D eigenvalue weighted by Gasteiger charge is 2.44. The smallest absolute Gasteiger partial charge is 0.283 e. The number of hydrogen-bond acceptors (Lipinski definition) is 5. The van der Waals surface area contributed by atoms with E-state index >= 15 is 0 Å². The normalized spacial score (nSPS) is 19.9. The number of aromatic amines is 1. The molecule has 30 heavy (non-hydrogen) atoms. The highest BCUT2D eigenvalue weighted by molar-refractivity contribution is 7.90. The Morgan fingerprint density at radius 3 is 2.63 bits per heavy atom. The molecule has 3 heterocycles. The molecule has 1 aromatic heterocycles. The van der Waals surface area contributed by atoms with Crippen molar-refractivity contribution >= 4 is 21.6 Å². The van der Waals surface area contributed by atoms with Crippen LogP contribution in [0.3, 0.4) is 0 Å². The topological polar surface area (TPSA) is 120 Å². The molecule has 0 unspecified atom stereocenters. The third kappa shape index (κ3) is 3.35. The molecule has 9 heteroatoms. The van der Waals surface area contributed by atoms with Crippen LogP contribution in [0.5, 0.6) is 0 Å². The third-order valence-corrected chi connectivity index (χ3v) is 6.66. The average Bonchev–Trinajstić information content (AvgIpc) is 3.12. The maximum atomic E-state index is 13.3. The van der Waals surface area contributed by atoms with Crippen molar-refractivity contribution in [2.75, 3.05) is 0 Å². The van der Waals surface area contributed by atoms with Gasteiger partial charge in [-0.3, -0.25) is 9.59 Å². The molecule has 0 radical (unpaired) electrons. The first-order chi connectivity index (χ1) is 14.3. The Bertz CT molecular complexity index is 1220. The molecular weight excluding hydrogens is 406 g/mol. The quantitative estimate of drug-likeness (QED) is 0.733. The van der Waals surface area contributed by atoms with E-state index in [1.54, 1.807) is 24.3 Å². The Hall–Kier alpha value is -3.20. The number of amides is 1. The molecule has 0 saturated carbocycles. The molecule has 2 aliphatic heterocycles. The number of aliphatic hydroxyl groups is 1. The molecule has 0 saturated heterocycles. The number of fused-ring (bicyclic) bond motifs is 1. The molecule has 1 aromatic carbocycles. The summed E-state index contributed by atoms with van der Waals surface area (Å²) in [6.07, 6.45) is 3.70. The van der Waals surface area contributed by atoms with Gasteiger partial charge in [-0.1, -0.05) is 44.0 Å². The van der Waals surface area contributed by atoms with Crippen LogP contribution >= 0.6 is 0 Å². The maximum absolute atomic E-state index is 13.3. The molecule has 0 aliphatic carbocycles. The number of aliphatic hydroxyl groups excluding tert-OH is 1. The lowest BCUT2D eigenvalue weighted by molar-refractivity contribution is -0.127. The van der Waals surface area contributed by atoms with Crippen molar-refractivity contribution in [1.29, 1.82) is 0 Å². The van der Waals surface area contributed by atoms with E-state index in [1.807, 2.05) is 6.92 Å². The molecule has 1 atom stereocenters. The van der Waals surface area contributed by atoms with Crippen LogP contribution in [0.1, 0.15) is 37.3 Å². The van der Waals surface area contributed by atoms with E-state index in [2.05, 4.69) is 9.38 Å². The largest absolute Gasteiger partial charge is 0.509 e. The highest BCUT2D eigenvalue weighted by atomic mass is 32.2. The minimum atomic E-state index is -3.92. The van der Waals surface area contributed by atoms with Crippen molar-refractivity contribution in [3.05, 3.63) is 75.4 Å². The fourth-order valence-electron chi connectivity index (χ4n) is 3.83. The van der Waals surface area contributed by atoms with Crippen LogP contribution in [-0.4, -0.2) is 41.1 Å². The molecule has 8 nitrogen and oxygen atoms in total. The van der Waals surface area contributed by atoms with Gasteiger partial charge in [-0.05, 0) is 18.1 Å². The predicted octanol–water partition coefficient (Wildman–Crippen LogP) is 2.28. The molecule has 156 valence electrons. The zero-order valence-electron chi connectivity index (χ0n) is 16.3. The van der Waals surface area contributed by atoms with Crippen molar-refractivity contribution < 1.29 is 18.3 Å². The van der Waals surface area contributed by atoms with Crippen molar-refractivity contribution in [1.82, 2.24) is 9.88 Å². The summed E-state index contributed by atoms with van der Waals surface area (Å²) in [6, 6.07) is 8.67. The lowest BCUT2D eigenvalue weighted by Crippen LogP contribution is -2.36. The number of H-pyrrole nitrogens is 1. The monoisotopic (exact) mass is 427 g/mol. The molecule has 4 rings (SSSR count). The molecule has 1 amide bonds. The van der Waals surface area contributed by atoms with Crippen LogP contribution < -0.4 is 5.56 Å². The summed E-state index contributed by atoms with van der Waals surface area (Å²) in [6.45, 7) is 2.17. The van der Waals surface area contributed by atoms with Crippen molar-refractivity contribution in [2.45, 2.75) is 43.7 Å². The number of benzene rings is 1. The summed E-state index contributed by atoms with van der Waals surface area (Å²) in [4.78, 5) is 28.8. The van der Waals surface area contributed by atoms with Gasteiger partial charge in [0, 0.05) is 24.4 Å². The summed E-state index contributed by atoms with van der Waals surface area (Å²) in [5.41, 5.74) is 0.665. The van der Waals surface area contributed by atoms with Gasteiger partial charge >= 0.3 is 0 Å². The van der Waals surface area contributed by atoms with Crippen LogP contribution in [0.2, 0.25) is 0 Å². The van der Waals surface area contributed by atoms with Crippen LogP contribution in [-0.2, 0) is 21.4 Å². The molecule has 2 aliphatic rings. The number of rotatable bonds is 6. The Kier molecular flexibility index (Phi) is 5.07. The van der Waals surface area contributed by atoms with E-state index in [-0.39, 0.29) is 34.0 Å².